The average molecular weight is 350 g/mol. The number of phenols is 1. The smallest absolute Gasteiger partial charge is 0.229 e. The third kappa shape index (κ3) is 4.82. The Morgan fingerprint density at radius 2 is 1.79 bits per heavy atom. The normalized spacial score (nSPS) is 15.9. The molecule has 1 fully saturated rings. The Labute approximate surface area is 148 Å². The molecule has 0 aromatic heterocycles. The van der Waals surface area contributed by atoms with E-state index in [2.05, 4.69) is 27.5 Å². The van der Waals surface area contributed by atoms with E-state index in [0.717, 1.165) is 26.2 Å². The van der Waals surface area contributed by atoms with Gasteiger partial charge in [-0.2, -0.15) is 0 Å². The van der Waals surface area contributed by atoms with Gasteiger partial charge in [0.25, 0.3) is 0 Å². The molecule has 1 saturated heterocycles. The lowest BCUT2D eigenvalue weighted by molar-refractivity contribution is -0.123. The van der Waals surface area contributed by atoms with Gasteiger partial charge in [-0.25, -0.2) is 0 Å². The number of amides is 1. The number of nitrogens with zero attached hydrogens (tertiary/aromatic N) is 2. The van der Waals surface area contributed by atoms with Gasteiger partial charge in [0.2, 0.25) is 5.91 Å². The maximum Gasteiger partial charge on any atom is 0.229 e. The van der Waals surface area contributed by atoms with Crippen LogP contribution in [0.4, 0.5) is 11.4 Å². The van der Waals surface area contributed by atoms with Crippen molar-refractivity contribution in [2.24, 2.45) is 5.41 Å². The van der Waals surface area contributed by atoms with Crippen molar-refractivity contribution in [2.45, 2.75) is 20.8 Å². The van der Waals surface area contributed by atoms with Crippen molar-refractivity contribution in [3.8, 4) is 5.75 Å². The van der Waals surface area contributed by atoms with Gasteiger partial charge in [0.15, 0.2) is 5.11 Å². The molecule has 24 heavy (non-hydrogen) atoms. The minimum Gasteiger partial charge on any atom is -0.506 e. The Kier molecular flexibility index (Phi) is 5.66. The van der Waals surface area contributed by atoms with E-state index in [0.29, 0.717) is 16.5 Å². The van der Waals surface area contributed by atoms with Gasteiger partial charge < -0.3 is 25.5 Å². The minimum atomic E-state index is -0.521. The number of carbonyl (C=O) groups excluding carboxylic acids is 1. The van der Waals surface area contributed by atoms with Crippen molar-refractivity contribution in [1.29, 1.82) is 0 Å². The second-order valence-corrected chi connectivity index (χ2v) is 7.54. The zero-order valence-corrected chi connectivity index (χ0v) is 15.5. The molecule has 0 radical (unpaired) electrons. The van der Waals surface area contributed by atoms with E-state index in [1.807, 2.05) is 20.8 Å². The highest BCUT2D eigenvalue weighted by Crippen LogP contribution is 2.28. The molecule has 0 unspecified atom stereocenters. The molecule has 0 spiro atoms. The molecule has 0 atom stereocenters. The highest BCUT2D eigenvalue weighted by atomic mass is 32.1. The Morgan fingerprint density at radius 3 is 2.33 bits per heavy atom. The second kappa shape index (κ2) is 7.36. The quantitative estimate of drug-likeness (QED) is 0.562. The van der Waals surface area contributed by atoms with Gasteiger partial charge in [-0.3, -0.25) is 4.79 Å². The molecule has 1 heterocycles. The van der Waals surface area contributed by atoms with E-state index in [1.54, 1.807) is 18.2 Å². The van der Waals surface area contributed by atoms with E-state index in [4.69, 9.17) is 12.2 Å². The van der Waals surface area contributed by atoms with Crippen molar-refractivity contribution in [3.05, 3.63) is 18.2 Å². The highest BCUT2D eigenvalue weighted by molar-refractivity contribution is 7.80. The number of aromatic hydroxyl groups is 1. The van der Waals surface area contributed by atoms with E-state index in [9.17, 15) is 9.90 Å². The van der Waals surface area contributed by atoms with Crippen molar-refractivity contribution < 1.29 is 9.90 Å². The zero-order valence-electron chi connectivity index (χ0n) is 14.7. The van der Waals surface area contributed by atoms with Gasteiger partial charge in [-0.1, -0.05) is 20.8 Å². The summed E-state index contributed by atoms with van der Waals surface area (Å²) in [5, 5.41) is 16.7. The molecule has 0 aliphatic carbocycles. The molecule has 1 aliphatic rings. The first kappa shape index (κ1) is 18.5. The summed E-state index contributed by atoms with van der Waals surface area (Å²) in [4.78, 5) is 16.4. The van der Waals surface area contributed by atoms with Gasteiger partial charge >= 0.3 is 0 Å². The van der Waals surface area contributed by atoms with Gasteiger partial charge in [0.05, 0.1) is 5.69 Å². The Hall–Kier alpha value is -1.86. The Morgan fingerprint density at radius 1 is 1.17 bits per heavy atom. The van der Waals surface area contributed by atoms with Crippen LogP contribution in [0.5, 0.6) is 5.75 Å². The first-order valence-electron chi connectivity index (χ1n) is 8.06. The van der Waals surface area contributed by atoms with E-state index in [-0.39, 0.29) is 11.7 Å². The highest BCUT2D eigenvalue weighted by Gasteiger charge is 2.22. The molecular formula is C17H26N4O2S. The molecule has 7 heteroatoms. The lowest BCUT2D eigenvalue weighted by atomic mass is 9.95. The summed E-state index contributed by atoms with van der Waals surface area (Å²) in [7, 11) is 2.09. The third-order valence-electron chi connectivity index (χ3n) is 3.97. The number of rotatable bonds is 2. The number of phenolic OH excluding ortho intramolecular Hbond substituents is 1. The number of likely N-dealkylation sites (N-methyl/N-ethyl adjacent to an activating group) is 1. The summed E-state index contributed by atoms with van der Waals surface area (Å²) in [5.74, 6) is -0.134. The fourth-order valence-corrected chi connectivity index (χ4v) is 2.54. The number of anilines is 2. The number of thiocarbonyl (C=S) groups is 1. The first-order chi connectivity index (χ1) is 11.2. The van der Waals surface area contributed by atoms with Crippen molar-refractivity contribution in [1.82, 2.24) is 9.80 Å². The van der Waals surface area contributed by atoms with Gasteiger partial charge in [-0.05, 0) is 31.4 Å². The van der Waals surface area contributed by atoms with E-state index >= 15 is 0 Å². The van der Waals surface area contributed by atoms with Crippen molar-refractivity contribution >= 4 is 34.6 Å². The van der Waals surface area contributed by atoms with Crippen LogP contribution in [0.2, 0.25) is 0 Å². The van der Waals surface area contributed by atoms with Crippen LogP contribution < -0.4 is 10.6 Å². The van der Waals surface area contributed by atoms with E-state index in [1.165, 1.54) is 0 Å². The molecule has 132 valence electrons. The topological polar surface area (TPSA) is 67.8 Å². The van der Waals surface area contributed by atoms with Crippen LogP contribution >= 0.6 is 12.2 Å². The van der Waals surface area contributed by atoms with Crippen LogP contribution in [0.15, 0.2) is 18.2 Å². The standard InChI is InChI=1S/C17H26N4O2S/c1-17(2,3)15(23)19-13-6-5-12(11-14(13)22)18-16(24)21-9-7-20(4)8-10-21/h5-6,11,22H,7-10H2,1-4H3,(H,18,24)(H,19,23). The number of hydrogen-bond donors (Lipinski definition) is 3. The molecule has 2 rings (SSSR count). The Bertz CT molecular complexity index is 620. The maximum atomic E-state index is 12.0. The summed E-state index contributed by atoms with van der Waals surface area (Å²) in [6.07, 6.45) is 0. The average Bonchev–Trinajstić information content (AvgIpc) is 2.49. The zero-order chi connectivity index (χ0) is 17.9. The van der Waals surface area contributed by atoms with Gasteiger partial charge in [0.1, 0.15) is 5.75 Å². The molecule has 0 saturated carbocycles. The molecule has 1 aliphatic heterocycles. The number of piperazine rings is 1. The van der Waals surface area contributed by atoms with Crippen LogP contribution in [-0.2, 0) is 4.79 Å². The molecule has 1 amide bonds. The Balaban J connectivity index is 1.99. The van der Waals surface area contributed by atoms with Gasteiger partial charge in [-0.15, -0.1) is 0 Å². The molecule has 0 bridgehead atoms. The predicted octanol–water partition coefficient (Wildman–Crippen LogP) is 2.32. The summed E-state index contributed by atoms with van der Waals surface area (Å²) in [5.41, 5.74) is 0.572. The molecule has 1 aromatic carbocycles. The number of carbonyl (C=O) groups is 1. The molecule has 6 nitrogen and oxygen atoms in total. The second-order valence-electron chi connectivity index (χ2n) is 7.16. The maximum absolute atomic E-state index is 12.0. The fraction of sp³-hybridized carbons (Fsp3) is 0.529. The number of hydrogen-bond acceptors (Lipinski definition) is 4. The minimum absolute atomic E-state index is 0.0128. The van der Waals surface area contributed by atoms with Crippen LogP contribution in [0.25, 0.3) is 0 Å². The molecular weight excluding hydrogens is 324 g/mol. The van der Waals surface area contributed by atoms with Crippen molar-refractivity contribution in [3.63, 3.8) is 0 Å². The fourth-order valence-electron chi connectivity index (χ4n) is 2.24. The third-order valence-corrected chi connectivity index (χ3v) is 4.33. The summed E-state index contributed by atoms with van der Waals surface area (Å²) >= 11 is 5.43. The summed E-state index contributed by atoms with van der Waals surface area (Å²) in [6.45, 7) is 9.19. The number of nitrogens with one attached hydrogen (secondary N) is 2. The van der Waals surface area contributed by atoms with Gasteiger partial charge in [0, 0.05) is 43.3 Å². The summed E-state index contributed by atoms with van der Waals surface area (Å²) < 4.78 is 0. The number of benzene rings is 1. The largest absolute Gasteiger partial charge is 0.506 e. The van der Waals surface area contributed by atoms with Crippen LogP contribution in [0, 0.1) is 5.41 Å². The molecule has 3 N–H and O–H groups in total. The first-order valence-corrected chi connectivity index (χ1v) is 8.46. The monoisotopic (exact) mass is 350 g/mol. The van der Waals surface area contributed by atoms with Crippen molar-refractivity contribution in [2.75, 3.05) is 43.9 Å². The SMILES string of the molecule is CN1CCN(C(=S)Nc2ccc(NC(=O)C(C)(C)C)c(O)c2)CC1. The molecule has 1 aromatic rings. The predicted molar refractivity (Wildman–Crippen MR) is 101 cm³/mol. The van der Waals surface area contributed by atoms with Crippen LogP contribution in [0.3, 0.4) is 0 Å². The van der Waals surface area contributed by atoms with E-state index < -0.39 is 5.41 Å². The lowest BCUT2D eigenvalue weighted by Crippen LogP contribution is -2.48. The lowest BCUT2D eigenvalue weighted by Gasteiger charge is -2.34. The van der Waals surface area contributed by atoms with Crippen LogP contribution in [0.1, 0.15) is 20.8 Å². The van der Waals surface area contributed by atoms with Crippen LogP contribution in [-0.4, -0.2) is 59.2 Å². The summed E-state index contributed by atoms with van der Waals surface area (Å²) in [6, 6.07) is 5.04.